The molecule has 0 fully saturated rings. The van der Waals surface area contributed by atoms with Crippen LogP contribution in [0.15, 0.2) is 6.33 Å². The van der Waals surface area contributed by atoms with Crippen molar-refractivity contribution in [2.75, 3.05) is 11.9 Å². The first-order valence-electron chi connectivity index (χ1n) is 6.78. The Balaban J connectivity index is 2.67. The summed E-state index contributed by atoms with van der Waals surface area (Å²) in [4.78, 5) is 8.76. The van der Waals surface area contributed by atoms with Gasteiger partial charge in [0.25, 0.3) is 0 Å². The molecule has 0 aliphatic rings. The highest BCUT2D eigenvalue weighted by atomic mass is 35.5. The first kappa shape index (κ1) is 14.8. The van der Waals surface area contributed by atoms with Gasteiger partial charge >= 0.3 is 0 Å². The van der Waals surface area contributed by atoms with Gasteiger partial charge in [0.1, 0.15) is 12.1 Å². The molecule has 2 aromatic rings. The van der Waals surface area contributed by atoms with E-state index in [0.29, 0.717) is 5.02 Å². The molecule has 6 heteroatoms. The molecule has 0 aliphatic carbocycles. The highest BCUT2D eigenvalue weighted by Gasteiger charge is 2.19. The Hall–Kier alpha value is -1.62. The lowest BCUT2D eigenvalue weighted by Crippen LogP contribution is -2.12. The van der Waals surface area contributed by atoms with E-state index in [1.807, 2.05) is 20.8 Å². The molecule has 2 heterocycles. The van der Waals surface area contributed by atoms with Crippen LogP contribution in [-0.4, -0.2) is 26.3 Å². The van der Waals surface area contributed by atoms with Crippen molar-refractivity contribution in [2.45, 2.75) is 40.5 Å². The summed E-state index contributed by atoms with van der Waals surface area (Å²) < 4.78 is 1.80. The Bertz CT molecular complexity index is 618. The number of hydrogen-bond acceptors (Lipinski definition) is 4. The molecule has 0 spiro atoms. The lowest BCUT2D eigenvalue weighted by atomic mass is 10.0. The number of aromatic nitrogens is 4. The van der Waals surface area contributed by atoms with E-state index >= 15 is 0 Å². The van der Waals surface area contributed by atoms with Gasteiger partial charge in [-0.2, -0.15) is 5.10 Å². The minimum atomic E-state index is 0.280. The van der Waals surface area contributed by atoms with Gasteiger partial charge in [-0.3, -0.25) is 0 Å². The van der Waals surface area contributed by atoms with Gasteiger partial charge in [-0.15, -0.1) is 0 Å². The van der Waals surface area contributed by atoms with Gasteiger partial charge in [0.15, 0.2) is 5.82 Å². The number of halogens is 1. The van der Waals surface area contributed by atoms with Crippen LogP contribution in [0.4, 0.5) is 5.82 Å². The molecular formula is C14H20ClN5. The summed E-state index contributed by atoms with van der Waals surface area (Å²) in [5, 5.41) is 8.46. The van der Waals surface area contributed by atoms with Crippen molar-refractivity contribution >= 4 is 17.4 Å². The van der Waals surface area contributed by atoms with Crippen molar-refractivity contribution in [3.05, 3.63) is 28.3 Å². The zero-order chi connectivity index (χ0) is 14.9. The molecular weight excluding hydrogens is 274 g/mol. The van der Waals surface area contributed by atoms with Crippen LogP contribution in [0.5, 0.6) is 0 Å². The maximum atomic E-state index is 6.24. The SMILES string of the molecule is CCNc1ncnc(-n2nc(C)c(Cl)c2C)c1C(C)C. The molecule has 2 aromatic heterocycles. The van der Waals surface area contributed by atoms with E-state index in [0.717, 1.165) is 35.1 Å². The predicted octanol–water partition coefficient (Wildman–Crippen LogP) is 3.49. The van der Waals surface area contributed by atoms with Crippen molar-refractivity contribution < 1.29 is 0 Å². The van der Waals surface area contributed by atoms with E-state index in [9.17, 15) is 0 Å². The summed E-state index contributed by atoms with van der Waals surface area (Å²) in [7, 11) is 0. The van der Waals surface area contributed by atoms with Gasteiger partial charge in [0, 0.05) is 12.1 Å². The van der Waals surface area contributed by atoms with Gasteiger partial charge in [-0.1, -0.05) is 25.4 Å². The maximum absolute atomic E-state index is 6.24. The molecule has 0 aromatic carbocycles. The van der Waals surface area contributed by atoms with E-state index < -0.39 is 0 Å². The third-order valence-electron chi connectivity index (χ3n) is 3.19. The average Bonchev–Trinajstić information content (AvgIpc) is 2.66. The Labute approximate surface area is 124 Å². The van der Waals surface area contributed by atoms with Crippen LogP contribution in [0.3, 0.4) is 0 Å². The van der Waals surface area contributed by atoms with Crippen molar-refractivity contribution in [3.63, 3.8) is 0 Å². The molecule has 0 radical (unpaired) electrons. The topological polar surface area (TPSA) is 55.6 Å². The molecule has 20 heavy (non-hydrogen) atoms. The molecule has 0 saturated heterocycles. The van der Waals surface area contributed by atoms with Gasteiger partial charge in [-0.25, -0.2) is 14.6 Å². The van der Waals surface area contributed by atoms with Gasteiger partial charge < -0.3 is 5.32 Å². The fourth-order valence-electron chi connectivity index (χ4n) is 2.22. The van der Waals surface area contributed by atoms with Gasteiger partial charge in [0.05, 0.1) is 16.4 Å². The van der Waals surface area contributed by atoms with Crippen LogP contribution in [0.2, 0.25) is 5.02 Å². The van der Waals surface area contributed by atoms with Crippen LogP contribution in [0, 0.1) is 13.8 Å². The summed E-state index contributed by atoms with van der Waals surface area (Å²) in [6.45, 7) is 10.9. The quantitative estimate of drug-likeness (QED) is 0.937. The zero-order valence-electron chi connectivity index (χ0n) is 12.5. The highest BCUT2D eigenvalue weighted by molar-refractivity contribution is 6.31. The molecule has 0 aliphatic heterocycles. The Kier molecular flexibility index (Phi) is 4.28. The second-order valence-electron chi connectivity index (χ2n) is 5.04. The summed E-state index contributed by atoms with van der Waals surface area (Å²) in [5.74, 6) is 1.93. The number of rotatable bonds is 4. The lowest BCUT2D eigenvalue weighted by molar-refractivity contribution is 0.753. The predicted molar refractivity (Wildman–Crippen MR) is 81.9 cm³/mol. The smallest absolute Gasteiger partial charge is 0.162 e. The Morgan fingerprint density at radius 3 is 2.50 bits per heavy atom. The molecule has 1 N–H and O–H groups in total. The summed E-state index contributed by atoms with van der Waals surface area (Å²) in [5.41, 5.74) is 2.76. The van der Waals surface area contributed by atoms with E-state index in [-0.39, 0.29) is 5.92 Å². The molecule has 0 unspecified atom stereocenters. The first-order chi connectivity index (χ1) is 9.47. The standard InChI is InChI=1S/C14H20ClN5/c1-6-16-13-11(8(2)3)14(18-7-17-13)20-10(5)12(15)9(4)19-20/h7-8H,6H2,1-5H3,(H,16,17,18). The monoisotopic (exact) mass is 293 g/mol. The van der Waals surface area contributed by atoms with Gasteiger partial charge in [-0.05, 0) is 26.7 Å². The van der Waals surface area contributed by atoms with E-state index in [4.69, 9.17) is 11.6 Å². The third kappa shape index (κ3) is 2.50. The van der Waals surface area contributed by atoms with Crippen molar-refractivity contribution in [2.24, 2.45) is 0 Å². The highest BCUT2D eigenvalue weighted by Crippen LogP contribution is 2.30. The van der Waals surface area contributed by atoms with E-state index in [2.05, 4.69) is 34.2 Å². The molecule has 2 rings (SSSR count). The zero-order valence-corrected chi connectivity index (χ0v) is 13.3. The molecule has 0 atom stereocenters. The van der Waals surface area contributed by atoms with Crippen LogP contribution in [-0.2, 0) is 0 Å². The second-order valence-corrected chi connectivity index (χ2v) is 5.42. The minimum absolute atomic E-state index is 0.280. The summed E-state index contributed by atoms with van der Waals surface area (Å²) in [6, 6.07) is 0. The van der Waals surface area contributed by atoms with Crippen molar-refractivity contribution in [3.8, 4) is 5.82 Å². The number of anilines is 1. The van der Waals surface area contributed by atoms with Gasteiger partial charge in [0.2, 0.25) is 0 Å². The van der Waals surface area contributed by atoms with Crippen LogP contribution < -0.4 is 5.32 Å². The molecule has 0 saturated carbocycles. The average molecular weight is 294 g/mol. The molecule has 5 nitrogen and oxygen atoms in total. The van der Waals surface area contributed by atoms with E-state index in [1.54, 1.807) is 11.0 Å². The largest absolute Gasteiger partial charge is 0.370 e. The number of aryl methyl sites for hydroxylation is 1. The van der Waals surface area contributed by atoms with Crippen LogP contribution >= 0.6 is 11.6 Å². The third-order valence-corrected chi connectivity index (χ3v) is 3.74. The normalized spacial score (nSPS) is 11.2. The fraction of sp³-hybridized carbons (Fsp3) is 0.500. The maximum Gasteiger partial charge on any atom is 0.162 e. The first-order valence-corrected chi connectivity index (χ1v) is 7.16. The lowest BCUT2D eigenvalue weighted by Gasteiger charge is -2.17. The van der Waals surface area contributed by atoms with Crippen molar-refractivity contribution in [1.82, 2.24) is 19.7 Å². The number of nitrogens with zero attached hydrogens (tertiary/aromatic N) is 4. The summed E-state index contributed by atoms with van der Waals surface area (Å²) >= 11 is 6.24. The number of hydrogen-bond donors (Lipinski definition) is 1. The van der Waals surface area contributed by atoms with Crippen molar-refractivity contribution in [1.29, 1.82) is 0 Å². The molecule has 0 bridgehead atoms. The minimum Gasteiger partial charge on any atom is -0.370 e. The second kappa shape index (κ2) is 5.79. The van der Waals surface area contributed by atoms with Crippen LogP contribution in [0.25, 0.3) is 5.82 Å². The summed E-state index contributed by atoms with van der Waals surface area (Å²) in [6.07, 6.45) is 1.56. The number of nitrogens with one attached hydrogen (secondary N) is 1. The van der Waals surface area contributed by atoms with E-state index in [1.165, 1.54) is 0 Å². The fourth-order valence-corrected chi connectivity index (χ4v) is 2.34. The Morgan fingerprint density at radius 1 is 1.30 bits per heavy atom. The molecule has 108 valence electrons. The Morgan fingerprint density at radius 2 is 2.00 bits per heavy atom. The van der Waals surface area contributed by atoms with Crippen LogP contribution in [0.1, 0.15) is 43.6 Å². The molecule has 0 amide bonds.